The van der Waals surface area contributed by atoms with Crippen molar-refractivity contribution in [2.24, 2.45) is 7.05 Å². The van der Waals surface area contributed by atoms with Gasteiger partial charge in [-0.15, -0.1) is 23.1 Å². The van der Waals surface area contributed by atoms with Gasteiger partial charge in [0.05, 0.1) is 16.9 Å². The molecule has 0 spiro atoms. The molecule has 2 heterocycles. The average molecular weight is 436 g/mol. The van der Waals surface area contributed by atoms with Gasteiger partial charge in [-0.25, -0.2) is 4.68 Å². The quantitative estimate of drug-likeness (QED) is 0.429. The summed E-state index contributed by atoms with van der Waals surface area (Å²) in [5.74, 6) is 0.517. The zero-order valence-electron chi connectivity index (χ0n) is 16.7. The molecule has 2 aromatic carbocycles. The summed E-state index contributed by atoms with van der Waals surface area (Å²) in [4.78, 5) is 28.3. The van der Waals surface area contributed by atoms with Gasteiger partial charge in [-0.2, -0.15) is 0 Å². The number of nitrogens with zero attached hydrogens (tertiary/aromatic N) is 2. The number of amides is 1. The molecule has 0 aliphatic heterocycles. The molecule has 5 nitrogen and oxygen atoms in total. The lowest BCUT2D eigenvalue weighted by atomic mass is 10.2. The van der Waals surface area contributed by atoms with Gasteiger partial charge in [0.25, 0.3) is 11.5 Å². The normalized spacial score (nSPS) is 10.9. The monoisotopic (exact) mass is 435 g/mol. The van der Waals surface area contributed by atoms with Crippen LogP contribution in [0.4, 0.5) is 5.69 Å². The van der Waals surface area contributed by atoms with E-state index in [1.54, 1.807) is 38.5 Å². The van der Waals surface area contributed by atoms with Gasteiger partial charge in [0.1, 0.15) is 5.69 Å². The first-order valence-corrected chi connectivity index (χ1v) is 11.3. The van der Waals surface area contributed by atoms with Gasteiger partial charge in [0.2, 0.25) is 0 Å². The third-order valence-electron chi connectivity index (χ3n) is 4.87. The molecule has 4 aromatic rings. The van der Waals surface area contributed by atoms with E-state index in [1.807, 2.05) is 73.9 Å². The van der Waals surface area contributed by atoms with E-state index in [1.165, 1.54) is 4.88 Å². The predicted octanol–water partition coefficient (Wildman–Crippen LogP) is 5.09. The Morgan fingerprint density at radius 2 is 1.77 bits per heavy atom. The number of anilines is 1. The van der Waals surface area contributed by atoms with Crippen LogP contribution in [0.5, 0.6) is 0 Å². The van der Waals surface area contributed by atoms with E-state index in [-0.39, 0.29) is 11.5 Å². The first kappa shape index (κ1) is 20.3. The smallest absolute Gasteiger partial charge is 0.295 e. The minimum atomic E-state index is -0.282. The van der Waals surface area contributed by atoms with Crippen LogP contribution in [0.15, 0.2) is 81.8 Å². The Balaban J connectivity index is 1.62. The summed E-state index contributed by atoms with van der Waals surface area (Å²) in [7, 11) is 1.81. The van der Waals surface area contributed by atoms with Gasteiger partial charge >= 0.3 is 0 Å². The zero-order valence-corrected chi connectivity index (χ0v) is 18.3. The Hall–Kier alpha value is -3.03. The molecule has 0 fully saturated rings. The number of thioether (sulfide) groups is 1. The molecule has 0 atom stereocenters. The number of rotatable bonds is 6. The number of thiophene rings is 1. The van der Waals surface area contributed by atoms with E-state index in [4.69, 9.17) is 0 Å². The highest BCUT2D eigenvalue weighted by molar-refractivity contribution is 7.98. The summed E-state index contributed by atoms with van der Waals surface area (Å²) in [5.41, 5.74) is 2.05. The zero-order chi connectivity index (χ0) is 21.1. The summed E-state index contributed by atoms with van der Waals surface area (Å²) >= 11 is 3.32. The molecular formula is C23H21N3O2S2. The van der Waals surface area contributed by atoms with Crippen molar-refractivity contribution in [1.29, 1.82) is 0 Å². The number of para-hydroxylation sites is 1. The third kappa shape index (κ3) is 3.99. The Bertz CT molecular complexity index is 1230. The number of nitrogens with one attached hydrogen (secondary N) is 1. The van der Waals surface area contributed by atoms with Crippen LogP contribution in [-0.4, -0.2) is 15.3 Å². The number of aromatic nitrogens is 2. The first-order valence-electron chi connectivity index (χ1n) is 9.46. The molecule has 7 heteroatoms. The number of hydrogen-bond donors (Lipinski definition) is 1. The highest BCUT2D eigenvalue weighted by atomic mass is 32.2. The maximum absolute atomic E-state index is 13.1. The van der Waals surface area contributed by atoms with Gasteiger partial charge in [-0.1, -0.05) is 36.4 Å². The highest BCUT2D eigenvalue weighted by Gasteiger charge is 2.20. The molecule has 0 saturated carbocycles. The molecule has 0 saturated heterocycles. The van der Waals surface area contributed by atoms with E-state index in [9.17, 15) is 9.59 Å². The molecule has 0 radical (unpaired) electrons. The van der Waals surface area contributed by atoms with Gasteiger partial charge in [-0.05, 0) is 42.6 Å². The van der Waals surface area contributed by atoms with Crippen molar-refractivity contribution in [2.45, 2.75) is 17.6 Å². The van der Waals surface area contributed by atoms with Crippen LogP contribution in [0.3, 0.4) is 0 Å². The molecule has 0 unspecified atom stereocenters. The molecular weight excluding hydrogens is 414 g/mol. The highest BCUT2D eigenvalue weighted by Crippen LogP contribution is 2.28. The fourth-order valence-corrected chi connectivity index (χ4v) is 5.04. The Morgan fingerprint density at radius 1 is 1.03 bits per heavy atom. The Morgan fingerprint density at radius 3 is 2.50 bits per heavy atom. The summed E-state index contributed by atoms with van der Waals surface area (Å²) in [6.45, 7) is 1.83. The number of carbonyl (C=O) groups is 1. The van der Waals surface area contributed by atoms with Crippen molar-refractivity contribution in [3.8, 4) is 5.69 Å². The second-order valence-corrected chi connectivity index (χ2v) is 8.80. The lowest BCUT2D eigenvalue weighted by Gasteiger charge is -2.09. The fourth-order valence-electron chi connectivity index (χ4n) is 3.22. The van der Waals surface area contributed by atoms with Gasteiger partial charge in [0.15, 0.2) is 0 Å². The predicted molar refractivity (Wildman–Crippen MR) is 124 cm³/mol. The molecule has 1 N–H and O–H groups in total. The van der Waals surface area contributed by atoms with Crippen LogP contribution >= 0.6 is 23.1 Å². The van der Waals surface area contributed by atoms with Gasteiger partial charge in [-0.3, -0.25) is 14.3 Å². The molecule has 30 heavy (non-hydrogen) atoms. The minimum absolute atomic E-state index is 0.252. The summed E-state index contributed by atoms with van der Waals surface area (Å²) < 4.78 is 3.31. The molecule has 2 aromatic heterocycles. The van der Waals surface area contributed by atoms with Crippen molar-refractivity contribution in [2.75, 3.05) is 5.32 Å². The van der Waals surface area contributed by atoms with Crippen LogP contribution in [0.1, 0.15) is 20.9 Å². The van der Waals surface area contributed by atoms with Gasteiger partial charge < -0.3 is 5.32 Å². The second-order valence-electron chi connectivity index (χ2n) is 6.75. The van der Waals surface area contributed by atoms with E-state index in [0.29, 0.717) is 16.9 Å². The minimum Gasteiger partial charge on any atom is -0.316 e. The van der Waals surface area contributed by atoms with Crippen molar-refractivity contribution in [3.05, 3.63) is 98.6 Å². The van der Waals surface area contributed by atoms with Crippen LogP contribution in [0, 0.1) is 6.92 Å². The van der Waals surface area contributed by atoms with Crippen molar-refractivity contribution in [3.63, 3.8) is 0 Å². The van der Waals surface area contributed by atoms with E-state index in [0.717, 1.165) is 16.3 Å². The van der Waals surface area contributed by atoms with E-state index < -0.39 is 0 Å². The van der Waals surface area contributed by atoms with Gasteiger partial charge in [0, 0.05) is 22.6 Å². The maximum atomic E-state index is 13.1. The number of hydrogen-bond acceptors (Lipinski definition) is 4. The molecule has 0 aliphatic carbocycles. The largest absolute Gasteiger partial charge is 0.316 e. The lowest BCUT2D eigenvalue weighted by molar-refractivity contribution is 0.102. The SMILES string of the molecule is Cc1c(NC(=O)c2ccccc2SCc2cccs2)c(=O)n(-c2ccccc2)n1C. The standard InChI is InChI=1S/C23H21N3O2S2/c1-16-21(23(28)26(25(16)2)17-9-4-3-5-10-17)24-22(27)19-12-6-7-13-20(19)30-15-18-11-8-14-29-18/h3-14H,15H2,1-2H3,(H,24,27). The second kappa shape index (κ2) is 8.77. The third-order valence-corrected chi connectivity index (χ3v) is 7.06. The van der Waals surface area contributed by atoms with Crippen molar-refractivity contribution >= 4 is 34.7 Å². The molecule has 4 rings (SSSR count). The molecule has 0 aliphatic rings. The fraction of sp³-hybridized carbons (Fsp3) is 0.130. The van der Waals surface area contributed by atoms with Crippen LogP contribution in [0.2, 0.25) is 0 Å². The maximum Gasteiger partial charge on any atom is 0.295 e. The van der Waals surface area contributed by atoms with Crippen LogP contribution in [-0.2, 0) is 12.8 Å². The van der Waals surface area contributed by atoms with Crippen LogP contribution in [0.25, 0.3) is 5.69 Å². The molecule has 152 valence electrons. The summed E-state index contributed by atoms with van der Waals surface area (Å²) in [5, 5.41) is 4.90. The Kier molecular flexibility index (Phi) is 5.92. The molecule has 0 bridgehead atoms. The van der Waals surface area contributed by atoms with Crippen molar-refractivity contribution in [1.82, 2.24) is 9.36 Å². The topological polar surface area (TPSA) is 56.0 Å². The first-order chi connectivity index (χ1) is 14.6. The van der Waals surface area contributed by atoms with E-state index in [2.05, 4.69) is 11.4 Å². The Labute approximate surface area is 183 Å². The summed E-state index contributed by atoms with van der Waals surface area (Å²) in [6, 6.07) is 21.0. The number of carbonyl (C=O) groups excluding carboxylic acids is 1. The molecule has 1 amide bonds. The van der Waals surface area contributed by atoms with Crippen molar-refractivity contribution < 1.29 is 4.79 Å². The number of benzene rings is 2. The lowest BCUT2D eigenvalue weighted by Crippen LogP contribution is -2.23. The summed E-state index contributed by atoms with van der Waals surface area (Å²) in [6.07, 6.45) is 0. The average Bonchev–Trinajstić information content (AvgIpc) is 3.36. The van der Waals surface area contributed by atoms with E-state index >= 15 is 0 Å². The van der Waals surface area contributed by atoms with Crippen LogP contribution < -0.4 is 10.9 Å².